The summed E-state index contributed by atoms with van der Waals surface area (Å²) in [7, 11) is 1.29. The highest BCUT2D eigenvalue weighted by Gasteiger charge is 2.71. The Kier molecular flexibility index (Phi) is 6.40. The van der Waals surface area contributed by atoms with E-state index in [2.05, 4.69) is 16.1 Å². The third kappa shape index (κ3) is 3.79. The van der Waals surface area contributed by atoms with Crippen LogP contribution < -0.4 is 16.1 Å². The number of rotatable bonds is 4. The van der Waals surface area contributed by atoms with E-state index in [1.54, 1.807) is 24.3 Å². The lowest BCUT2D eigenvalue weighted by molar-refractivity contribution is -0.146. The van der Waals surface area contributed by atoms with E-state index in [-0.39, 0.29) is 5.02 Å². The quantitative estimate of drug-likeness (QED) is 0.481. The average molecular weight is 558 g/mol. The van der Waals surface area contributed by atoms with Gasteiger partial charge in [0.05, 0.1) is 29.7 Å². The number of benzene rings is 2. The van der Waals surface area contributed by atoms with Gasteiger partial charge >= 0.3 is 0 Å². The second kappa shape index (κ2) is 9.10. The first-order valence-corrected chi connectivity index (χ1v) is 12.4. The molecule has 3 aliphatic heterocycles. The Bertz CT molecular complexity index is 1240. The fourth-order valence-corrected chi connectivity index (χ4v) is 6.95. The zero-order valence-corrected chi connectivity index (χ0v) is 21.4. The van der Waals surface area contributed by atoms with E-state index in [4.69, 9.17) is 51.2 Å². The molecule has 3 heterocycles. The molecule has 8 nitrogen and oxygen atoms in total. The number of fused-ring (bicyclic) bond motifs is 4. The van der Waals surface area contributed by atoms with E-state index in [0.29, 0.717) is 45.0 Å². The summed E-state index contributed by atoms with van der Waals surface area (Å²) in [4.78, 5) is 47.9. The Hall–Kier alpha value is -2.07. The van der Waals surface area contributed by atoms with Crippen LogP contribution in [0.25, 0.3) is 0 Å². The lowest BCUT2D eigenvalue weighted by atomic mass is 9.73. The number of halogens is 4. The van der Waals surface area contributed by atoms with Crippen LogP contribution >= 0.6 is 46.4 Å². The van der Waals surface area contributed by atoms with E-state index in [1.165, 1.54) is 13.2 Å². The number of amides is 3. The molecule has 0 radical (unpaired) electrons. The van der Waals surface area contributed by atoms with Crippen molar-refractivity contribution >= 4 is 75.5 Å². The molecule has 0 saturated carbocycles. The zero-order chi connectivity index (χ0) is 25.1. The largest absolute Gasteiger partial charge is 0.326 e. The van der Waals surface area contributed by atoms with Crippen LogP contribution in [0.3, 0.4) is 0 Å². The van der Waals surface area contributed by atoms with E-state index in [9.17, 15) is 14.4 Å². The molecule has 2 fully saturated rings. The average Bonchev–Trinajstić information content (AvgIpc) is 3.42. The number of anilines is 2. The SMILES string of the molecule is CONC(=O)[C@H]1[C@@H](C(=O)Nc2cc(Cl)cc(Cl)c2)[C@H]2CCCN2C12C(=O)Nc1c(Cl)cc(Cl)cc12. The molecule has 0 aromatic heterocycles. The number of hydrogen-bond donors (Lipinski definition) is 3. The van der Waals surface area contributed by atoms with Crippen molar-refractivity contribution in [2.45, 2.75) is 24.4 Å². The molecule has 12 heteroatoms. The summed E-state index contributed by atoms with van der Waals surface area (Å²) in [5, 5.41) is 6.92. The van der Waals surface area contributed by atoms with Gasteiger partial charge in [0.1, 0.15) is 5.54 Å². The molecule has 3 aliphatic rings. The molecule has 4 atom stereocenters. The topological polar surface area (TPSA) is 99.8 Å². The Morgan fingerprint density at radius 2 is 1.74 bits per heavy atom. The third-order valence-corrected chi connectivity index (χ3v) is 7.90. The molecule has 35 heavy (non-hydrogen) atoms. The molecule has 3 amide bonds. The zero-order valence-electron chi connectivity index (χ0n) is 18.3. The van der Waals surface area contributed by atoms with Crippen LogP contribution in [0, 0.1) is 11.8 Å². The maximum atomic E-state index is 13.8. The predicted octanol–water partition coefficient (Wildman–Crippen LogP) is 4.47. The van der Waals surface area contributed by atoms with Gasteiger partial charge in [-0.3, -0.25) is 24.1 Å². The number of carbonyl (C=O) groups is 3. The normalized spacial score (nSPS) is 27.0. The van der Waals surface area contributed by atoms with Gasteiger partial charge in [-0.05, 0) is 49.7 Å². The van der Waals surface area contributed by atoms with Gasteiger partial charge in [-0.1, -0.05) is 46.4 Å². The molecular formula is C23H20Cl4N4O4. The third-order valence-electron chi connectivity index (χ3n) is 6.94. The molecule has 184 valence electrons. The highest BCUT2D eigenvalue weighted by atomic mass is 35.5. The van der Waals surface area contributed by atoms with Gasteiger partial charge in [-0.25, -0.2) is 5.48 Å². The van der Waals surface area contributed by atoms with Crippen LogP contribution in [0.5, 0.6) is 0 Å². The first kappa shape index (κ1) is 24.6. The van der Waals surface area contributed by atoms with Crippen molar-refractivity contribution in [2.24, 2.45) is 11.8 Å². The molecule has 0 bridgehead atoms. The Labute approximate surface area is 221 Å². The summed E-state index contributed by atoms with van der Waals surface area (Å²) >= 11 is 25.0. The lowest BCUT2D eigenvalue weighted by Gasteiger charge is -2.36. The van der Waals surface area contributed by atoms with Crippen molar-refractivity contribution in [3.05, 3.63) is 56.0 Å². The summed E-state index contributed by atoms with van der Waals surface area (Å²) in [6.45, 7) is 0.505. The highest BCUT2D eigenvalue weighted by molar-refractivity contribution is 6.38. The summed E-state index contributed by atoms with van der Waals surface area (Å²) in [6.07, 6.45) is 1.36. The van der Waals surface area contributed by atoms with Crippen LogP contribution in [-0.2, 0) is 24.8 Å². The number of hydroxylamine groups is 1. The molecule has 1 spiro atoms. The summed E-state index contributed by atoms with van der Waals surface area (Å²) in [5.41, 5.74) is 2.07. The minimum Gasteiger partial charge on any atom is -0.326 e. The van der Waals surface area contributed by atoms with Crippen molar-refractivity contribution in [2.75, 3.05) is 24.3 Å². The highest BCUT2D eigenvalue weighted by Crippen LogP contribution is 2.59. The lowest BCUT2D eigenvalue weighted by Crippen LogP contribution is -2.55. The fraction of sp³-hybridized carbons (Fsp3) is 0.348. The minimum absolute atomic E-state index is 0.251. The Morgan fingerprint density at radius 1 is 1.06 bits per heavy atom. The first-order chi connectivity index (χ1) is 16.7. The second-order valence-electron chi connectivity index (χ2n) is 8.75. The van der Waals surface area contributed by atoms with E-state index in [0.717, 1.165) is 6.42 Å². The van der Waals surface area contributed by atoms with Gasteiger partial charge in [-0.15, -0.1) is 0 Å². The smallest absolute Gasteiger partial charge is 0.250 e. The van der Waals surface area contributed by atoms with Gasteiger partial charge in [0, 0.05) is 32.4 Å². The molecule has 2 saturated heterocycles. The maximum absolute atomic E-state index is 13.8. The van der Waals surface area contributed by atoms with E-state index >= 15 is 0 Å². The van der Waals surface area contributed by atoms with Crippen molar-refractivity contribution in [1.82, 2.24) is 10.4 Å². The van der Waals surface area contributed by atoms with Crippen molar-refractivity contribution < 1.29 is 19.2 Å². The fourth-order valence-electron chi connectivity index (χ4n) is 5.89. The molecule has 3 N–H and O–H groups in total. The minimum atomic E-state index is -1.50. The van der Waals surface area contributed by atoms with Crippen LogP contribution in [-0.4, -0.2) is 42.3 Å². The number of hydrogen-bond acceptors (Lipinski definition) is 5. The van der Waals surface area contributed by atoms with Crippen molar-refractivity contribution in [3.63, 3.8) is 0 Å². The van der Waals surface area contributed by atoms with Gasteiger partial charge in [0.2, 0.25) is 11.8 Å². The van der Waals surface area contributed by atoms with Crippen molar-refractivity contribution in [3.8, 4) is 0 Å². The molecule has 2 aromatic rings. The van der Waals surface area contributed by atoms with Crippen LogP contribution in [0.4, 0.5) is 11.4 Å². The Morgan fingerprint density at radius 3 is 2.43 bits per heavy atom. The van der Waals surface area contributed by atoms with Crippen molar-refractivity contribution in [1.29, 1.82) is 0 Å². The molecule has 1 unspecified atom stereocenters. The van der Waals surface area contributed by atoms with E-state index < -0.39 is 41.1 Å². The number of carbonyl (C=O) groups excluding carboxylic acids is 3. The second-order valence-corrected chi connectivity index (χ2v) is 10.5. The summed E-state index contributed by atoms with van der Waals surface area (Å²) in [6, 6.07) is 7.42. The molecule has 2 aromatic carbocycles. The first-order valence-electron chi connectivity index (χ1n) is 10.9. The molecule has 5 rings (SSSR count). The summed E-state index contributed by atoms with van der Waals surface area (Å²) in [5.74, 6) is -3.54. The molecular weight excluding hydrogens is 538 g/mol. The monoisotopic (exact) mass is 556 g/mol. The number of nitrogens with one attached hydrogen (secondary N) is 3. The van der Waals surface area contributed by atoms with Gasteiger partial charge < -0.3 is 10.6 Å². The number of nitrogens with zero attached hydrogens (tertiary/aromatic N) is 1. The van der Waals surface area contributed by atoms with Crippen LogP contribution in [0.1, 0.15) is 18.4 Å². The van der Waals surface area contributed by atoms with E-state index in [1.807, 2.05) is 4.90 Å². The van der Waals surface area contributed by atoms with Gasteiger partial charge in [-0.2, -0.15) is 0 Å². The maximum Gasteiger partial charge on any atom is 0.250 e. The molecule has 0 aliphatic carbocycles. The van der Waals surface area contributed by atoms with Crippen LogP contribution in [0.2, 0.25) is 20.1 Å². The van der Waals surface area contributed by atoms with Gasteiger partial charge in [0.15, 0.2) is 0 Å². The van der Waals surface area contributed by atoms with Gasteiger partial charge in [0.25, 0.3) is 5.91 Å². The van der Waals surface area contributed by atoms with Crippen LogP contribution in [0.15, 0.2) is 30.3 Å². The summed E-state index contributed by atoms with van der Waals surface area (Å²) < 4.78 is 0. The predicted molar refractivity (Wildman–Crippen MR) is 134 cm³/mol. The Balaban J connectivity index is 1.66. The standard InChI is InChI=1S/C23H20Cl4N4O4/c1-35-30-21(33)18-17(20(32)28-13-6-10(24)5-11(25)7-13)16-3-2-4-31(16)23(18)14-8-12(26)9-15(27)19(14)29-22(23)34/h5-9,16-18H,2-4H2,1H3,(H,28,32)(H,29,34)(H,30,33)/t16-,17+,18-,23?/m1/s1.